The Hall–Kier alpha value is -3.69. The molecule has 1 aliphatic heterocycles. The number of nitriles is 1. The number of likely N-dealkylation sites (tertiary alicyclic amines) is 1. The Labute approximate surface area is 190 Å². The van der Waals surface area contributed by atoms with Crippen molar-refractivity contribution < 1.29 is 4.79 Å². The molecule has 32 heavy (non-hydrogen) atoms. The standard InChI is InChI=1S/C26H22N4OS/c27-16-18-3-1-4-19(13-18)21-14-20-6-9-28-17-23(20)24(15-21)29-22-7-10-30(11-8-22)26(31)25-5-2-12-32-25/h1-6,9,12-15,17,22,29H,7-8,10-11H2. The lowest BCUT2D eigenvalue weighted by atomic mass is 9.98. The van der Waals surface area contributed by atoms with E-state index < -0.39 is 0 Å². The van der Waals surface area contributed by atoms with Gasteiger partial charge in [0.15, 0.2) is 0 Å². The number of thiophene rings is 1. The Bertz CT molecular complexity index is 1300. The number of amides is 1. The van der Waals surface area contributed by atoms with Crippen molar-refractivity contribution in [3.63, 3.8) is 0 Å². The highest BCUT2D eigenvalue weighted by atomic mass is 32.1. The Morgan fingerprint density at radius 2 is 1.97 bits per heavy atom. The molecule has 6 heteroatoms. The molecule has 0 unspecified atom stereocenters. The molecule has 0 radical (unpaired) electrons. The summed E-state index contributed by atoms with van der Waals surface area (Å²) in [5.41, 5.74) is 3.77. The molecule has 5 rings (SSSR count). The van der Waals surface area contributed by atoms with Gasteiger partial charge in [0.1, 0.15) is 0 Å². The zero-order valence-corrected chi connectivity index (χ0v) is 18.3. The number of anilines is 1. The van der Waals surface area contributed by atoms with E-state index in [1.54, 1.807) is 6.20 Å². The molecular formula is C26H22N4OS. The molecule has 0 atom stereocenters. The van der Waals surface area contributed by atoms with Crippen LogP contribution in [0.4, 0.5) is 5.69 Å². The number of fused-ring (bicyclic) bond motifs is 1. The van der Waals surface area contributed by atoms with E-state index in [0.717, 1.165) is 58.4 Å². The van der Waals surface area contributed by atoms with E-state index in [2.05, 4.69) is 28.5 Å². The van der Waals surface area contributed by atoms with E-state index in [-0.39, 0.29) is 11.9 Å². The van der Waals surface area contributed by atoms with Gasteiger partial charge in [0.25, 0.3) is 5.91 Å². The van der Waals surface area contributed by atoms with E-state index in [0.29, 0.717) is 5.56 Å². The minimum atomic E-state index is 0.132. The molecule has 0 saturated carbocycles. The SMILES string of the molecule is N#Cc1cccc(-c2cc(NC3CCN(C(=O)c4cccs4)CC3)c3cnccc3c2)c1. The average Bonchev–Trinajstić information content (AvgIpc) is 3.39. The van der Waals surface area contributed by atoms with Crippen LogP contribution in [0.3, 0.4) is 0 Å². The van der Waals surface area contributed by atoms with Crippen LogP contribution in [0.15, 0.2) is 72.4 Å². The number of piperidine rings is 1. The summed E-state index contributed by atoms with van der Waals surface area (Å²) in [5, 5.41) is 17.1. The van der Waals surface area contributed by atoms with Crippen molar-refractivity contribution in [1.82, 2.24) is 9.88 Å². The summed E-state index contributed by atoms with van der Waals surface area (Å²) in [6, 6.07) is 20.3. The van der Waals surface area contributed by atoms with Crippen molar-refractivity contribution in [2.75, 3.05) is 18.4 Å². The molecule has 5 nitrogen and oxygen atoms in total. The molecule has 4 aromatic rings. The maximum atomic E-state index is 12.6. The summed E-state index contributed by atoms with van der Waals surface area (Å²) in [5.74, 6) is 0.132. The van der Waals surface area contributed by atoms with Crippen molar-refractivity contribution in [3.8, 4) is 17.2 Å². The number of carbonyl (C=O) groups is 1. The Morgan fingerprint density at radius 1 is 1.09 bits per heavy atom. The van der Waals surface area contributed by atoms with E-state index >= 15 is 0 Å². The summed E-state index contributed by atoms with van der Waals surface area (Å²) < 4.78 is 0. The Kier molecular flexibility index (Phi) is 5.57. The first-order valence-corrected chi connectivity index (χ1v) is 11.6. The first kappa shape index (κ1) is 20.2. The number of aromatic nitrogens is 1. The normalized spacial score (nSPS) is 14.3. The molecule has 1 saturated heterocycles. The van der Waals surface area contributed by atoms with E-state index in [9.17, 15) is 10.1 Å². The number of hydrogen-bond donors (Lipinski definition) is 1. The van der Waals surface area contributed by atoms with Crippen molar-refractivity contribution in [1.29, 1.82) is 5.26 Å². The predicted molar refractivity (Wildman–Crippen MR) is 129 cm³/mol. The molecular weight excluding hydrogens is 416 g/mol. The minimum Gasteiger partial charge on any atom is -0.382 e. The molecule has 1 N–H and O–H groups in total. The van der Waals surface area contributed by atoms with Gasteiger partial charge in [0, 0.05) is 42.6 Å². The Balaban J connectivity index is 1.38. The number of rotatable bonds is 4. The first-order valence-electron chi connectivity index (χ1n) is 10.7. The number of benzene rings is 2. The van der Waals surface area contributed by atoms with Gasteiger partial charge in [-0.15, -0.1) is 11.3 Å². The van der Waals surface area contributed by atoms with Crippen molar-refractivity contribution >= 4 is 33.7 Å². The molecule has 1 fully saturated rings. The van der Waals surface area contributed by atoms with Crippen LogP contribution < -0.4 is 5.32 Å². The smallest absolute Gasteiger partial charge is 0.263 e. The van der Waals surface area contributed by atoms with Crippen LogP contribution in [0, 0.1) is 11.3 Å². The zero-order chi connectivity index (χ0) is 21.9. The molecule has 158 valence electrons. The third-order valence-electron chi connectivity index (χ3n) is 5.95. The molecule has 0 aliphatic carbocycles. The zero-order valence-electron chi connectivity index (χ0n) is 17.5. The fourth-order valence-electron chi connectivity index (χ4n) is 4.26. The fraction of sp³-hybridized carbons (Fsp3) is 0.192. The van der Waals surface area contributed by atoms with Crippen LogP contribution in [-0.2, 0) is 0 Å². The van der Waals surface area contributed by atoms with Crippen LogP contribution >= 0.6 is 11.3 Å². The Morgan fingerprint density at radius 3 is 2.75 bits per heavy atom. The van der Waals surface area contributed by atoms with Gasteiger partial charge in [-0.25, -0.2) is 0 Å². The lowest BCUT2D eigenvalue weighted by molar-refractivity contribution is 0.0723. The van der Waals surface area contributed by atoms with Crippen molar-refractivity contribution in [2.24, 2.45) is 0 Å². The highest BCUT2D eigenvalue weighted by Gasteiger charge is 2.24. The van der Waals surface area contributed by atoms with Gasteiger partial charge < -0.3 is 10.2 Å². The lowest BCUT2D eigenvalue weighted by Crippen LogP contribution is -2.42. The molecule has 1 amide bonds. The van der Waals surface area contributed by atoms with Gasteiger partial charge in [0.05, 0.1) is 16.5 Å². The second-order valence-corrected chi connectivity index (χ2v) is 8.95. The second kappa shape index (κ2) is 8.81. The van der Waals surface area contributed by atoms with E-state index in [1.807, 2.05) is 58.9 Å². The summed E-state index contributed by atoms with van der Waals surface area (Å²) in [6.45, 7) is 1.49. The number of carbonyl (C=O) groups excluding carboxylic acids is 1. The third-order valence-corrected chi connectivity index (χ3v) is 6.81. The molecule has 1 aliphatic rings. The predicted octanol–water partition coefficient (Wildman–Crippen LogP) is 5.55. The van der Waals surface area contributed by atoms with Gasteiger partial charge in [-0.2, -0.15) is 5.26 Å². The highest BCUT2D eigenvalue weighted by Crippen LogP contribution is 2.32. The number of nitrogens with zero attached hydrogens (tertiary/aromatic N) is 3. The molecule has 0 bridgehead atoms. The third kappa shape index (κ3) is 4.08. The first-order chi connectivity index (χ1) is 15.7. The number of hydrogen-bond acceptors (Lipinski definition) is 5. The van der Waals surface area contributed by atoms with Crippen LogP contribution in [0.2, 0.25) is 0 Å². The molecule has 3 heterocycles. The summed E-state index contributed by atoms with van der Waals surface area (Å²) >= 11 is 1.50. The minimum absolute atomic E-state index is 0.132. The summed E-state index contributed by atoms with van der Waals surface area (Å²) in [6.07, 6.45) is 5.49. The molecule has 0 spiro atoms. The maximum Gasteiger partial charge on any atom is 0.263 e. The van der Waals surface area contributed by atoms with Crippen molar-refractivity contribution in [3.05, 3.63) is 82.8 Å². The molecule has 2 aromatic heterocycles. The monoisotopic (exact) mass is 438 g/mol. The topological polar surface area (TPSA) is 69.0 Å². The van der Waals surface area contributed by atoms with Crippen LogP contribution in [0.1, 0.15) is 28.1 Å². The van der Waals surface area contributed by atoms with Crippen LogP contribution in [-0.4, -0.2) is 34.9 Å². The lowest BCUT2D eigenvalue weighted by Gasteiger charge is -2.33. The summed E-state index contributed by atoms with van der Waals surface area (Å²) in [7, 11) is 0. The average molecular weight is 439 g/mol. The van der Waals surface area contributed by atoms with Crippen LogP contribution in [0.25, 0.3) is 21.9 Å². The van der Waals surface area contributed by atoms with E-state index in [4.69, 9.17) is 0 Å². The largest absolute Gasteiger partial charge is 0.382 e. The highest BCUT2D eigenvalue weighted by molar-refractivity contribution is 7.12. The second-order valence-electron chi connectivity index (χ2n) is 8.00. The number of pyridine rings is 1. The summed E-state index contributed by atoms with van der Waals surface area (Å²) in [4.78, 5) is 19.7. The fourth-order valence-corrected chi connectivity index (χ4v) is 4.95. The van der Waals surface area contributed by atoms with Crippen LogP contribution in [0.5, 0.6) is 0 Å². The number of nitrogens with one attached hydrogen (secondary N) is 1. The van der Waals surface area contributed by atoms with Gasteiger partial charge in [-0.05, 0) is 71.1 Å². The van der Waals surface area contributed by atoms with Crippen molar-refractivity contribution in [2.45, 2.75) is 18.9 Å². The maximum absolute atomic E-state index is 12.6. The van der Waals surface area contributed by atoms with E-state index in [1.165, 1.54) is 11.3 Å². The molecule has 2 aromatic carbocycles. The van der Waals surface area contributed by atoms with Gasteiger partial charge in [-0.3, -0.25) is 9.78 Å². The van der Waals surface area contributed by atoms with Gasteiger partial charge in [0.2, 0.25) is 0 Å². The van der Waals surface area contributed by atoms with Gasteiger partial charge >= 0.3 is 0 Å². The van der Waals surface area contributed by atoms with Gasteiger partial charge in [-0.1, -0.05) is 18.2 Å². The quantitative estimate of drug-likeness (QED) is 0.453.